The second kappa shape index (κ2) is 5.42. The fourth-order valence-electron chi connectivity index (χ4n) is 2.37. The normalized spacial score (nSPS) is 18.3. The van der Waals surface area contributed by atoms with Gasteiger partial charge in [-0.25, -0.2) is 0 Å². The average Bonchev–Trinajstić information content (AvgIpc) is 2.27. The molecule has 1 aliphatic heterocycles. The zero-order valence-corrected chi connectivity index (χ0v) is 11.0. The van der Waals surface area contributed by atoms with Gasteiger partial charge in [-0.1, -0.05) is 19.8 Å². The first-order chi connectivity index (χ1) is 8.61. The van der Waals surface area contributed by atoms with E-state index in [1.165, 1.54) is 12.8 Å². The molecule has 2 rings (SSSR count). The van der Waals surface area contributed by atoms with E-state index in [0.29, 0.717) is 17.7 Å². The Bertz CT molecular complexity index is 451. The van der Waals surface area contributed by atoms with Gasteiger partial charge in [-0.15, -0.1) is 0 Å². The molecule has 0 radical (unpaired) electrons. The minimum atomic E-state index is -0.102. The quantitative estimate of drug-likeness (QED) is 0.830. The van der Waals surface area contributed by atoms with Crippen molar-refractivity contribution in [2.75, 3.05) is 0 Å². The second-order valence-electron chi connectivity index (χ2n) is 5.00. The maximum Gasteiger partial charge on any atom is 0.174 e. The van der Waals surface area contributed by atoms with Crippen LogP contribution in [0.4, 0.5) is 0 Å². The van der Waals surface area contributed by atoms with Gasteiger partial charge in [0, 0.05) is 6.42 Å². The topological polar surface area (TPSA) is 46.5 Å². The largest absolute Gasteiger partial charge is 0.507 e. The van der Waals surface area contributed by atoms with Gasteiger partial charge in [-0.05, 0) is 37.5 Å². The molecule has 3 nitrogen and oxygen atoms in total. The van der Waals surface area contributed by atoms with Crippen LogP contribution in [0, 0.1) is 0 Å². The number of ether oxygens (including phenoxy) is 1. The summed E-state index contributed by atoms with van der Waals surface area (Å²) < 4.78 is 5.65. The zero-order chi connectivity index (χ0) is 13.1. The molecule has 18 heavy (non-hydrogen) atoms. The number of phenolic OH excluding ortho intramolecular Hbond substituents is 1. The average molecular weight is 248 g/mol. The summed E-state index contributed by atoms with van der Waals surface area (Å²) in [4.78, 5) is 11.8. The number of benzene rings is 1. The number of carbonyl (C=O) groups is 1. The molecule has 1 aromatic carbocycles. The highest BCUT2D eigenvalue weighted by molar-refractivity contribution is 6.02. The molecular formula is C15H20O3. The summed E-state index contributed by atoms with van der Waals surface area (Å²) in [7, 11) is 0. The first-order valence-electron chi connectivity index (χ1n) is 6.67. The van der Waals surface area contributed by atoms with E-state index in [1.54, 1.807) is 6.07 Å². The Balaban J connectivity index is 2.24. The van der Waals surface area contributed by atoms with Crippen LogP contribution in [-0.4, -0.2) is 17.0 Å². The lowest BCUT2D eigenvalue weighted by Crippen LogP contribution is -2.24. The molecule has 0 spiro atoms. The van der Waals surface area contributed by atoms with Gasteiger partial charge >= 0.3 is 0 Å². The van der Waals surface area contributed by atoms with Crippen LogP contribution >= 0.6 is 0 Å². The number of hydrogen-bond donors (Lipinski definition) is 1. The van der Waals surface area contributed by atoms with Crippen molar-refractivity contribution in [1.29, 1.82) is 0 Å². The molecular weight excluding hydrogens is 228 g/mol. The van der Waals surface area contributed by atoms with Gasteiger partial charge in [0.1, 0.15) is 23.2 Å². The third-order valence-electron chi connectivity index (χ3n) is 3.29. The Hall–Kier alpha value is -1.51. The molecule has 1 unspecified atom stereocenters. The van der Waals surface area contributed by atoms with E-state index >= 15 is 0 Å². The monoisotopic (exact) mass is 248 g/mol. The summed E-state index contributed by atoms with van der Waals surface area (Å²) in [5.41, 5.74) is 1.40. The molecule has 0 saturated heterocycles. The Morgan fingerprint density at radius 3 is 2.89 bits per heavy atom. The number of rotatable bonds is 4. The third kappa shape index (κ3) is 2.66. The molecule has 1 aliphatic rings. The summed E-state index contributed by atoms with van der Waals surface area (Å²) in [6.45, 7) is 4.04. The van der Waals surface area contributed by atoms with E-state index in [0.717, 1.165) is 18.4 Å². The molecule has 0 bridgehead atoms. The van der Waals surface area contributed by atoms with E-state index in [2.05, 4.69) is 6.92 Å². The first-order valence-corrected chi connectivity index (χ1v) is 6.67. The molecule has 1 atom stereocenters. The second-order valence-corrected chi connectivity index (χ2v) is 5.00. The van der Waals surface area contributed by atoms with Crippen LogP contribution in [0.2, 0.25) is 0 Å². The number of aromatic hydroxyl groups is 1. The lowest BCUT2D eigenvalue weighted by molar-refractivity contribution is 0.0866. The lowest BCUT2D eigenvalue weighted by atomic mass is 9.97. The van der Waals surface area contributed by atoms with Gasteiger partial charge in [0.15, 0.2) is 5.78 Å². The molecule has 3 heteroatoms. The molecule has 1 N–H and O–H groups in total. The zero-order valence-electron chi connectivity index (χ0n) is 11.0. The number of aryl methyl sites for hydroxylation is 1. The molecule has 1 heterocycles. The van der Waals surface area contributed by atoms with Crippen molar-refractivity contribution in [3.8, 4) is 11.5 Å². The van der Waals surface area contributed by atoms with Crippen molar-refractivity contribution in [1.82, 2.24) is 0 Å². The van der Waals surface area contributed by atoms with Crippen molar-refractivity contribution in [2.45, 2.75) is 52.1 Å². The van der Waals surface area contributed by atoms with E-state index in [-0.39, 0.29) is 17.6 Å². The summed E-state index contributed by atoms with van der Waals surface area (Å²) >= 11 is 0. The Kier molecular flexibility index (Phi) is 3.90. The molecule has 0 saturated carbocycles. The highest BCUT2D eigenvalue weighted by atomic mass is 16.5. The summed E-state index contributed by atoms with van der Waals surface area (Å²) in [6, 6.07) is 3.60. The molecule has 0 aliphatic carbocycles. The first kappa shape index (κ1) is 12.9. The summed E-state index contributed by atoms with van der Waals surface area (Å²) in [6.07, 6.45) is 4.60. The number of Topliss-reactive ketones (excluding diaryl/α,β-unsaturated/α-hetero) is 1. The number of ketones is 1. The van der Waals surface area contributed by atoms with Crippen LogP contribution in [0.1, 0.15) is 55.5 Å². The molecule has 98 valence electrons. The van der Waals surface area contributed by atoms with Crippen molar-refractivity contribution in [2.24, 2.45) is 0 Å². The Morgan fingerprint density at radius 2 is 2.17 bits per heavy atom. The van der Waals surface area contributed by atoms with Gasteiger partial charge in [0.2, 0.25) is 0 Å². The van der Waals surface area contributed by atoms with Crippen molar-refractivity contribution < 1.29 is 14.6 Å². The molecule has 1 aromatic rings. The van der Waals surface area contributed by atoms with Crippen molar-refractivity contribution in [3.63, 3.8) is 0 Å². The maximum absolute atomic E-state index is 11.8. The molecule has 0 fully saturated rings. The van der Waals surface area contributed by atoms with Crippen LogP contribution in [0.15, 0.2) is 12.1 Å². The predicted octanol–water partition coefficient (Wildman–Crippen LogP) is 3.48. The SMILES string of the molecule is CCCCCc1cc(O)c2c(c1)OC(C)CC2=O. The minimum absolute atomic E-state index is 0.0265. The van der Waals surface area contributed by atoms with E-state index in [9.17, 15) is 9.90 Å². The fourth-order valence-corrected chi connectivity index (χ4v) is 2.37. The van der Waals surface area contributed by atoms with Gasteiger partial charge in [-0.3, -0.25) is 4.79 Å². The van der Waals surface area contributed by atoms with Crippen LogP contribution < -0.4 is 4.74 Å². The van der Waals surface area contributed by atoms with E-state index in [1.807, 2.05) is 13.0 Å². The van der Waals surface area contributed by atoms with E-state index < -0.39 is 0 Å². The number of fused-ring (bicyclic) bond motifs is 1. The number of unbranched alkanes of at least 4 members (excludes halogenated alkanes) is 2. The standard InChI is InChI=1S/C15H20O3/c1-3-4-5-6-11-8-13(17)15-12(16)7-10(2)18-14(15)9-11/h8-10,17H,3-7H2,1-2H3. The van der Waals surface area contributed by atoms with Gasteiger partial charge in [-0.2, -0.15) is 0 Å². The molecule has 0 amide bonds. The lowest BCUT2D eigenvalue weighted by Gasteiger charge is -2.23. The van der Waals surface area contributed by atoms with Crippen LogP contribution in [0.25, 0.3) is 0 Å². The number of carbonyl (C=O) groups excluding carboxylic acids is 1. The Morgan fingerprint density at radius 1 is 1.39 bits per heavy atom. The minimum Gasteiger partial charge on any atom is -0.507 e. The van der Waals surface area contributed by atoms with Crippen LogP contribution in [0.3, 0.4) is 0 Å². The highest BCUT2D eigenvalue weighted by Crippen LogP contribution is 2.35. The van der Waals surface area contributed by atoms with Crippen molar-refractivity contribution in [3.05, 3.63) is 23.3 Å². The van der Waals surface area contributed by atoms with Gasteiger partial charge in [0.25, 0.3) is 0 Å². The molecule has 0 aromatic heterocycles. The van der Waals surface area contributed by atoms with Crippen LogP contribution in [-0.2, 0) is 6.42 Å². The highest BCUT2D eigenvalue weighted by Gasteiger charge is 2.27. The Labute approximate surface area is 108 Å². The predicted molar refractivity (Wildman–Crippen MR) is 70.4 cm³/mol. The van der Waals surface area contributed by atoms with Gasteiger partial charge < -0.3 is 9.84 Å². The summed E-state index contributed by atoms with van der Waals surface area (Å²) in [5, 5.41) is 9.95. The van der Waals surface area contributed by atoms with E-state index in [4.69, 9.17) is 4.74 Å². The third-order valence-corrected chi connectivity index (χ3v) is 3.29. The van der Waals surface area contributed by atoms with Crippen molar-refractivity contribution >= 4 is 5.78 Å². The summed E-state index contributed by atoms with van der Waals surface area (Å²) in [5.74, 6) is 0.586. The van der Waals surface area contributed by atoms with Crippen LogP contribution in [0.5, 0.6) is 11.5 Å². The maximum atomic E-state index is 11.8. The number of phenols is 1. The van der Waals surface area contributed by atoms with Gasteiger partial charge in [0.05, 0.1) is 0 Å². The smallest absolute Gasteiger partial charge is 0.174 e. The fraction of sp³-hybridized carbons (Fsp3) is 0.533. The number of hydrogen-bond acceptors (Lipinski definition) is 3.